The summed E-state index contributed by atoms with van der Waals surface area (Å²) < 4.78 is 40.6. The number of ether oxygens (including phenoxy) is 1. The first-order valence-corrected chi connectivity index (χ1v) is 6.00. The van der Waals surface area contributed by atoms with Crippen molar-refractivity contribution in [3.8, 4) is 0 Å². The standard InChI is InChI=1S/C9H14F3NO2S/c1-6-7(2-3-15-6)16-4-8(14)13-5-9(10,11)12/h6-7H,2-5H2,1H3,(H,13,14)/t6-,7-/m0/s1. The highest BCUT2D eigenvalue weighted by atomic mass is 32.2. The number of hydrogen-bond acceptors (Lipinski definition) is 3. The van der Waals surface area contributed by atoms with E-state index in [1.807, 2.05) is 12.2 Å². The summed E-state index contributed by atoms with van der Waals surface area (Å²) in [5, 5.41) is 2.04. The number of hydrogen-bond donors (Lipinski definition) is 1. The van der Waals surface area contributed by atoms with Gasteiger partial charge in [0, 0.05) is 11.9 Å². The van der Waals surface area contributed by atoms with Gasteiger partial charge < -0.3 is 10.1 Å². The van der Waals surface area contributed by atoms with Gasteiger partial charge in [0.25, 0.3) is 0 Å². The highest BCUT2D eigenvalue weighted by Gasteiger charge is 2.29. The molecule has 1 aliphatic rings. The van der Waals surface area contributed by atoms with Crippen LogP contribution in [0.25, 0.3) is 0 Å². The molecule has 0 saturated carbocycles. The van der Waals surface area contributed by atoms with Gasteiger partial charge in [0.1, 0.15) is 6.54 Å². The molecular weight excluding hydrogens is 243 g/mol. The summed E-state index contributed by atoms with van der Waals surface area (Å²) in [7, 11) is 0. The maximum atomic E-state index is 11.8. The van der Waals surface area contributed by atoms with E-state index in [1.54, 1.807) is 0 Å². The summed E-state index contributed by atoms with van der Waals surface area (Å²) >= 11 is 1.35. The Morgan fingerprint density at radius 3 is 2.75 bits per heavy atom. The zero-order chi connectivity index (χ0) is 12.2. The lowest BCUT2D eigenvalue weighted by atomic mass is 10.3. The maximum absolute atomic E-state index is 11.8. The van der Waals surface area contributed by atoms with Crippen LogP contribution >= 0.6 is 11.8 Å². The molecule has 1 rings (SSSR count). The van der Waals surface area contributed by atoms with E-state index in [2.05, 4.69) is 0 Å². The predicted octanol–water partition coefficient (Wildman–Crippen LogP) is 1.58. The Balaban J connectivity index is 2.15. The number of alkyl halides is 3. The molecule has 0 bridgehead atoms. The van der Waals surface area contributed by atoms with Crippen molar-refractivity contribution in [3.63, 3.8) is 0 Å². The van der Waals surface area contributed by atoms with Crippen LogP contribution in [0, 0.1) is 0 Å². The van der Waals surface area contributed by atoms with Crippen LogP contribution in [0.5, 0.6) is 0 Å². The smallest absolute Gasteiger partial charge is 0.377 e. The van der Waals surface area contributed by atoms with E-state index in [0.29, 0.717) is 6.61 Å². The van der Waals surface area contributed by atoms with E-state index in [-0.39, 0.29) is 17.1 Å². The summed E-state index contributed by atoms with van der Waals surface area (Å²) in [5.74, 6) is -0.532. The van der Waals surface area contributed by atoms with Crippen LogP contribution in [0.4, 0.5) is 13.2 Å². The summed E-state index contributed by atoms with van der Waals surface area (Å²) in [5.41, 5.74) is 0. The fourth-order valence-electron chi connectivity index (χ4n) is 1.36. The molecule has 7 heteroatoms. The average molecular weight is 257 g/mol. The average Bonchev–Trinajstić information content (AvgIpc) is 2.57. The van der Waals surface area contributed by atoms with Crippen molar-refractivity contribution in [1.29, 1.82) is 0 Å². The van der Waals surface area contributed by atoms with Crippen molar-refractivity contribution >= 4 is 17.7 Å². The minimum atomic E-state index is -4.34. The molecule has 1 fully saturated rings. The van der Waals surface area contributed by atoms with Crippen LogP contribution < -0.4 is 5.32 Å². The quantitative estimate of drug-likeness (QED) is 0.831. The van der Waals surface area contributed by atoms with E-state index in [9.17, 15) is 18.0 Å². The van der Waals surface area contributed by atoms with Crippen molar-refractivity contribution in [2.24, 2.45) is 0 Å². The molecule has 2 atom stereocenters. The number of nitrogens with one attached hydrogen (secondary N) is 1. The van der Waals surface area contributed by atoms with Crippen LogP contribution in [-0.4, -0.2) is 42.3 Å². The van der Waals surface area contributed by atoms with Crippen molar-refractivity contribution in [2.45, 2.75) is 30.9 Å². The Bertz CT molecular complexity index is 247. The molecule has 0 radical (unpaired) electrons. The van der Waals surface area contributed by atoms with Crippen LogP contribution in [0.15, 0.2) is 0 Å². The van der Waals surface area contributed by atoms with Gasteiger partial charge in [0.2, 0.25) is 5.91 Å². The van der Waals surface area contributed by atoms with E-state index in [0.717, 1.165) is 6.42 Å². The molecule has 0 aromatic carbocycles. The first-order valence-electron chi connectivity index (χ1n) is 4.95. The first-order chi connectivity index (χ1) is 7.38. The molecule has 1 aliphatic heterocycles. The fourth-order valence-corrected chi connectivity index (χ4v) is 2.44. The van der Waals surface area contributed by atoms with Gasteiger partial charge in [-0.15, -0.1) is 11.8 Å². The summed E-state index contributed by atoms with van der Waals surface area (Å²) in [6, 6.07) is 0. The number of halogens is 3. The van der Waals surface area contributed by atoms with Gasteiger partial charge in [-0.25, -0.2) is 0 Å². The van der Waals surface area contributed by atoms with Gasteiger partial charge in [0.05, 0.1) is 11.9 Å². The largest absolute Gasteiger partial charge is 0.405 e. The van der Waals surface area contributed by atoms with Gasteiger partial charge in [-0.05, 0) is 13.3 Å². The molecule has 1 heterocycles. The Labute approximate surface area is 96.1 Å². The Hall–Kier alpha value is -0.430. The second-order valence-electron chi connectivity index (χ2n) is 3.61. The zero-order valence-corrected chi connectivity index (χ0v) is 9.66. The number of carbonyl (C=O) groups is 1. The molecule has 16 heavy (non-hydrogen) atoms. The molecule has 0 aromatic heterocycles. The first kappa shape index (κ1) is 13.6. The van der Waals surface area contributed by atoms with Crippen molar-refractivity contribution in [2.75, 3.05) is 18.9 Å². The predicted molar refractivity (Wildman–Crippen MR) is 55.3 cm³/mol. The van der Waals surface area contributed by atoms with Crippen molar-refractivity contribution in [3.05, 3.63) is 0 Å². The Morgan fingerprint density at radius 2 is 2.25 bits per heavy atom. The van der Waals surface area contributed by atoms with E-state index < -0.39 is 18.6 Å². The van der Waals surface area contributed by atoms with Crippen LogP contribution in [0.2, 0.25) is 0 Å². The van der Waals surface area contributed by atoms with E-state index in [1.165, 1.54) is 11.8 Å². The molecule has 1 saturated heterocycles. The van der Waals surface area contributed by atoms with E-state index >= 15 is 0 Å². The third-order valence-electron chi connectivity index (χ3n) is 2.22. The Morgan fingerprint density at radius 1 is 1.56 bits per heavy atom. The normalized spacial score (nSPS) is 25.8. The topological polar surface area (TPSA) is 38.3 Å². The fraction of sp³-hybridized carbons (Fsp3) is 0.889. The molecule has 0 spiro atoms. The molecule has 0 aromatic rings. The van der Waals surface area contributed by atoms with Gasteiger partial charge >= 0.3 is 6.18 Å². The monoisotopic (exact) mass is 257 g/mol. The second-order valence-corrected chi connectivity index (χ2v) is 4.83. The molecule has 1 N–H and O–H groups in total. The third kappa shape index (κ3) is 5.07. The number of carbonyl (C=O) groups excluding carboxylic acids is 1. The lowest BCUT2D eigenvalue weighted by Crippen LogP contribution is -2.35. The summed E-state index contributed by atoms with van der Waals surface area (Å²) in [6.07, 6.45) is -3.43. The van der Waals surface area contributed by atoms with Crippen LogP contribution in [0.3, 0.4) is 0 Å². The lowest BCUT2D eigenvalue weighted by molar-refractivity contribution is -0.136. The number of rotatable bonds is 4. The van der Waals surface area contributed by atoms with Gasteiger partial charge in [-0.3, -0.25) is 4.79 Å². The molecule has 3 nitrogen and oxygen atoms in total. The number of amides is 1. The van der Waals surface area contributed by atoms with Gasteiger partial charge in [-0.2, -0.15) is 13.2 Å². The maximum Gasteiger partial charge on any atom is 0.405 e. The molecule has 0 unspecified atom stereocenters. The van der Waals surface area contributed by atoms with Gasteiger partial charge in [-0.1, -0.05) is 0 Å². The molecule has 0 aliphatic carbocycles. The van der Waals surface area contributed by atoms with Crippen molar-refractivity contribution in [1.82, 2.24) is 5.32 Å². The second kappa shape index (κ2) is 5.77. The molecular formula is C9H14F3NO2S. The molecule has 94 valence electrons. The van der Waals surface area contributed by atoms with Crippen LogP contribution in [-0.2, 0) is 9.53 Å². The molecule has 1 amide bonds. The minimum Gasteiger partial charge on any atom is -0.377 e. The summed E-state index contributed by atoms with van der Waals surface area (Å²) in [4.78, 5) is 11.1. The highest BCUT2D eigenvalue weighted by molar-refractivity contribution is 8.00. The summed E-state index contributed by atoms with van der Waals surface area (Å²) in [6.45, 7) is 1.30. The Kier molecular flexibility index (Phi) is 4.91. The SMILES string of the molecule is C[C@@H]1OCC[C@@H]1SCC(=O)NCC(F)(F)F. The minimum absolute atomic E-state index is 0.0500. The lowest BCUT2D eigenvalue weighted by Gasteiger charge is -2.13. The van der Waals surface area contributed by atoms with Crippen molar-refractivity contribution < 1.29 is 22.7 Å². The number of thioether (sulfide) groups is 1. The van der Waals surface area contributed by atoms with E-state index in [4.69, 9.17) is 4.74 Å². The third-order valence-corrected chi connectivity index (χ3v) is 3.70. The zero-order valence-electron chi connectivity index (χ0n) is 8.84. The van der Waals surface area contributed by atoms with Gasteiger partial charge in [0.15, 0.2) is 0 Å². The highest BCUT2D eigenvalue weighted by Crippen LogP contribution is 2.25. The van der Waals surface area contributed by atoms with Crippen LogP contribution in [0.1, 0.15) is 13.3 Å².